The smallest absolute Gasteiger partial charge is 0.308 e. The fourth-order valence-corrected chi connectivity index (χ4v) is 8.92. The Morgan fingerprint density at radius 3 is 2.24 bits per heavy atom. The second-order valence-corrected chi connectivity index (χ2v) is 13.5. The zero-order chi connectivity index (χ0) is 24.5. The van der Waals surface area contributed by atoms with Gasteiger partial charge in [0.15, 0.2) is 0 Å². The van der Waals surface area contributed by atoms with Gasteiger partial charge in [0.25, 0.3) is 0 Å². The van der Waals surface area contributed by atoms with E-state index in [2.05, 4.69) is 44.5 Å². The van der Waals surface area contributed by atoms with E-state index in [9.17, 15) is 9.90 Å². The summed E-state index contributed by atoms with van der Waals surface area (Å²) in [5.74, 6) is 0.776. The molecule has 4 heterocycles. The van der Waals surface area contributed by atoms with Crippen LogP contribution in [0.5, 0.6) is 11.5 Å². The molecule has 0 aliphatic carbocycles. The minimum absolute atomic E-state index is 0.0402. The minimum Gasteiger partial charge on any atom is -0.495 e. The standard InChI is InChI=1S/C25H36N2O5S2/c1-11(2)33-22-20(30-6)13-8-15-19-14(25(28)29)9-16(26(19)5)24-27(15)17(10-32-24)18(13)21(31-7)23(22)34-12(3)4/h11-12,14-17,19,24H,8-10H2,1-7H3,(H,28,29)/t14-,15+,16+,17+,19-,24-/m1/s1. The summed E-state index contributed by atoms with van der Waals surface area (Å²) in [7, 11) is 5.60. The number of ether oxygens (including phenoxy) is 3. The topological polar surface area (TPSA) is 71.5 Å². The van der Waals surface area contributed by atoms with Crippen LogP contribution in [-0.4, -0.2) is 83.6 Å². The molecule has 2 bridgehead atoms. The van der Waals surface area contributed by atoms with E-state index in [1.165, 1.54) is 5.56 Å². The number of carbonyl (C=O) groups is 1. The van der Waals surface area contributed by atoms with Crippen LogP contribution >= 0.6 is 23.5 Å². The van der Waals surface area contributed by atoms with Crippen molar-refractivity contribution in [2.24, 2.45) is 5.92 Å². The van der Waals surface area contributed by atoms with Gasteiger partial charge in [0.05, 0.1) is 48.6 Å². The third kappa shape index (κ3) is 3.57. The van der Waals surface area contributed by atoms with E-state index < -0.39 is 5.97 Å². The summed E-state index contributed by atoms with van der Waals surface area (Å²) in [6.45, 7) is 9.39. The van der Waals surface area contributed by atoms with E-state index in [-0.39, 0.29) is 36.3 Å². The van der Waals surface area contributed by atoms with E-state index >= 15 is 0 Å². The second kappa shape index (κ2) is 9.07. The van der Waals surface area contributed by atoms with Crippen LogP contribution in [0.25, 0.3) is 0 Å². The van der Waals surface area contributed by atoms with E-state index in [0.717, 1.165) is 33.3 Å². The first-order valence-electron chi connectivity index (χ1n) is 12.2. The number of hydrogen-bond donors (Lipinski definition) is 1. The molecule has 0 spiro atoms. The van der Waals surface area contributed by atoms with Gasteiger partial charge in [0.1, 0.15) is 17.7 Å². The van der Waals surface area contributed by atoms with Crippen molar-refractivity contribution in [3.8, 4) is 11.5 Å². The number of carboxylic acids is 1. The number of nitrogens with zero attached hydrogens (tertiary/aromatic N) is 2. The fraction of sp³-hybridized carbons (Fsp3) is 0.720. The molecule has 0 amide bonds. The number of carboxylic acid groups (broad SMARTS) is 1. The van der Waals surface area contributed by atoms with Gasteiger partial charge in [-0.2, -0.15) is 0 Å². The monoisotopic (exact) mass is 508 g/mol. The van der Waals surface area contributed by atoms with Crippen LogP contribution in [0.3, 0.4) is 0 Å². The van der Waals surface area contributed by atoms with Gasteiger partial charge in [-0.05, 0) is 19.9 Å². The minimum atomic E-state index is -0.702. The van der Waals surface area contributed by atoms with Crippen molar-refractivity contribution < 1.29 is 24.1 Å². The van der Waals surface area contributed by atoms with Crippen LogP contribution in [0.2, 0.25) is 0 Å². The zero-order valence-corrected chi connectivity index (χ0v) is 22.7. The van der Waals surface area contributed by atoms with Crippen molar-refractivity contribution in [2.75, 3.05) is 27.9 Å². The molecule has 9 heteroatoms. The molecular weight excluding hydrogens is 472 g/mol. The fourth-order valence-electron chi connectivity index (χ4n) is 6.67. The summed E-state index contributed by atoms with van der Waals surface area (Å²) < 4.78 is 18.8. The van der Waals surface area contributed by atoms with Gasteiger partial charge < -0.3 is 19.3 Å². The summed E-state index contributed by atoms with van der Waals surface area (Å²) in [6, 6.07) is 0.159. The highest BCUT2D eigenvalue weighted by Gasteiger charge is 2.62. The maximum Gasteiger partial charge on any atom is 0.308 e. The lowest BCUT2D eigenvalue weighted by Gasteiger charge is -2.51. The molecule has 1 N–H and O–H groups in total. The van der Waals surface area contributed by atoms with E-state index in [1.807, 2.05) is 23.5 Å². The van der Waals surface area contributed by atoms with Gasteiger partial charge in [-0.1, -0.05) is 27.7 Å². The van der Waals surface area contributed by atoms with Crippen molar-refractivity contribution in [3.05, 3.63) is 11.1 Å². The highest BCUT2D eigenvalue weighted by molar-refractivity contribution is 8.03. The number of rotatable bonds is 7. The number of likely N-dealkylation sites (N-methyl/N-ethyl adjacent to an activating group) is 1. The third-order valence-corrected chi connectivity index (χ3v) is 10.1. The molecule has 0 aromatic heterocycles. The molecule has 1 aromatic rings. The van der Waals surface area contributed by atoms with Crippen LogP contribution in [0.1, 0.15) is 51.3 Å². The van der Waals surface area contributed by atoms with E-state index in [1.54, 1.807) is 14.2 Å². The van der Waals surface area contributed by atoms with Crippen LogP contribution in [0.15, 0.2) is 9.79 Å². The lowest BCUT2D eigenvalue weighted by Crippen LogP contribution is -2.64. The van der Waals surface area contributed by atoms with Gasteiger partial charge in [-0.15, -0.1) is 23.5 Å². The molecule has 0 unspecified atom stereocenters. The summed E-state index contributed by atoms with van der Waals surface area (Å²) in [6.07, 6.45) is 1.28. The second-order valence-electron chi connectivity index (χ2n) is 10.3. The van der Waals surface area contributed by atoms with Gasteiger partial charge in [0, 0.05) is 33.7 Å². The average molecular weight is 509 g/mol. The normalized spacial score (nSPS) is 32.3. The lowest BCUT2D eigenvalue weighted by molar-refractivity contribution is -0.144. The Labute approximate surface area is 210 Å². The largest absolute Gasteiger partial charge is 0.495 e. The van der Waals surface area contributed by atoms with Crippen molar-refractivity contribution >= 4 is 29.5 Å². The summed E-state index contributed by atoms with van der Waals surface area (Å²) in [5.41, 5.74) is 2.33. The Hall–Kier alpha value is -1.13. The molecule has 6 atom stereocenters. The molecule has 4 aliphatic rings. The molecule has 188 valence electrons. The van der Waals surface area contributed by atoms with E-state index in [4.69, 9.17) is 14.2 Å². The maximum absolute atomic E-state index is 12.2. The van der Waals surface area contributed by atoms with E-state index in [0.29, 0.717) is 23.5 Å². The van der Waals surface area contributed by atoms with Crippen molar-refractivity contribution in [1.29, 1.82) is 0 Å². The first-order chi connectivity index (χ1) is 16.2. The molecule has 3 fully saturated rings. The molecule has 0 radical (unpaired) electrons. The number of hydrogen-bond acceptors (Lipinski definition) is 8. The van der Waals surface area contributed by atoms with Crippen molar-refractivity contribution in [3.63, 3.8) is 0 Å². The molecule has 34 heavy (non-hydrogen) atoms. The number of fused-ring (bicyclic) bond motifs is 6. The summed E-state index contributed by atoms with van der Waals surface area (Å²) in [5, 5.41) is 10.8. The Morgan fingerprint density at radius 2 is 1.68 bits per heavy atom. The van der Waals surface area contributed by atoms with Crippen LogP contribution in [0, 0.1) is 5.92 Å². The summed E-state index contributed by atoms with van der Waals surface area (Å²) >= 11 is 3.64. The number of methoxy groups -OCH3 is 2. The molecular formula is C25H36N2O5S2. The van der Waals surface area contributed by atoms with Crippen LogP contribution < -0.4 is 9.47 Å². The highest BCUT2D eigenvalue weighted by Crippen LogP contribution is 2.59. The Bertz CT molecular complexity index is 987. The Balaban J connectivity index is 1.72. The third-order valence-electron chi connectivity index (χ3n) is 7.73. The molecule has 4 aliphatic heterocycles. The first-order valence-corrected chi connectivity index (χ1v) is 13.9. The number of benzene rings is 1. The number of aliphatic carboxylic acids is 1. The SMILES string of the molecule is COc1c2c(c(OC)c(SC(C)C)c1SC(C)C)[C@@H]1CO[C@@H]3[C@@H]4C[C@@H](C(=O)O)[C@H]([C@H](C2)N31)N4C. The maximum atomic E-state index is 12.2. The molecule has 0 saturated carbocycles. The zero-order valence-electron chi connectivity index (χ0n) is 21.0. The average Bonchev–Trinajstić information content (AvgIpc) is 3.30. The highest BCUT2D eigenvalue weighted by atomic mass is 32.2. The van der Waals surface area contributed by atoms with Gasteiger partial charge in [-0.3, -0.25) is 14.6 Å². The molecule has 1 aromatic carbocycles. The predicted molar refractivity (Wildman–Crippen MR) is 134 cm³/mol. The Kier molecular flexibility index (Phi) is 6.55. The van der Waals surface area contributed by atoms with Crippen molar-refractivity contribution in [2.45, 2.75) is 91.2 Å². The number of piperazine rings is 1. The molecule has 5 rings (SSSR count). The van der Waals surface area contributed by atoms with Crippen molar-refractivity contribution in [1.82, 2.24) is 9.80 Å². The number of thioether (sulfide) groups is 2. The summed E-state index contributed by atoms with van der Waals surface area (Å²) in [4.78, 5) is 19.3. The predicted octanol–water partition coefficient (Wildman–Crippen LogP) is 4.12. The van der Waals surface area contributed by atoms with Gasteiger partial charge in [0.2, 0.25) is 0 Å². The van der Waals surface area contributed by atoms with Gasteiger partial charge in [-0.25, -0.2) is 0 Å². The quantitative estimate of drug-likeness (QED) is 0.548. The van der Waals surface area contributed by atoms with Crippen LogP contribution in [-0.2, 0) is 16.0 Å². The van der Waals surface area contributed by atoms with Crippen LogP contribution in [0.4, 0.5) is 0 Å². The lowest BCUT2D eigenvalue weighted by atomic mass is 9.81. The Morgan fingerprint density at radius 1 is 1.06 bits per heavy atom. The molecule has 7 nitrogen and oxygen atoms in total. The first kappa shape index (κ1) is 24.6. The van der Waals surface area contributed by atoms with Gasteiger partial charge >= 0.3 is 5.97 Å². The molecule has 3 saturated heterocycles.